The maximum absolute atomic E-state index is 11.2. The molecule has 0 fully saturated rings. The number of aliphatic carboxylic acids is 1. The second-order valence-electron chi connectivity index (χ2n) is 4.20. The minimum atomic E-state index is -0.931. The summed E-state index contributed by atoms with van der Waals surface area (Å²) in [5.41, 5.74) is 0.915. The SMILES string of the molecule is C=CC(C)(Cc1cc(C)nn1CC)C(=O)O. The van der Waals surface area contributed by atoms with Crippen molar-refractivity contribution >= 4 is 5.97 Å². The molecular weight excluding hydrogens is 204 g/mol. The molecule has 1 N–H and O–H groups in total. The Balaban J connectivity index is 3.02. The van der Waals surface area contributed by atoms with Crippen molar-refractivity contribution in [3.63, 3.8) is 0 Å². The molecule has 1 heterocycles. The van der Waals surface area contributed by atoms with Gasteiger partial charge in [0.15, 0.2) is 0 Å². The van der Waals surface area contributed by atoms with E-state index in [0.29, 0.717) is 6.42 Å². The molecule has 4 nitrogen and oxygen atoms in total. The number of carboxylic acid groups (broad SMARTS) is 1. The van der Waals surface area contributed by atoms with Gasteiger partial charge in [-0.1, -0.05) is 6.08 Å². The molecule has 1 aromatic heterocycles. The van der Waals surface area contributed by atoms with Crippen LogP contribution in [0.25, 0.3) is 0 Å². The lowest BCUT2D eigenvalue weighted by atomic mass is 9.85. The highest BCUT2D eigenvalue weighted by molar-refractivity contribution is 5.76. The molecule has 0 bridgehead atoms. The van der Waals surface area contributed by atoms with Gasteiger partial charge >= 0.3 is 5.97 Å². The number of hydrogen-bond acceptors (Lipinski definition) is 2. The van der Waals surface area contributed by atoms with E-state index in [1.165, 1.54) is 6.08 Å². The monoisotopic (exact) mass is 222 g/mol. The van der Waals surface area contributed by atoms with Gasteiger partial charge in [0.2, 0.25) is 0 Å². The molecule has 0 aliphatic rings. The third kappa shape index (κ3) is 2.32. The van der Waals surface area contributed by atoms with Crippen LogP contribution in [0, 0.1) is 12.3 Å². The van der Waals surface area contributed by atoms with Crippen LogP contribution in [0.3, 0.4) is 0 Å². The van der Waals surface area contributed by atoms with Crippen LogP contribution in [0.15, 0.2) is 18.7 Å². The first kappa shape index (κ1) is 12.5. The van der Waals surface area contributed by atoms with E-state index in [2.05, 4.69) is 11.7 Å². The topological polar surface area (TPSA) is 55.1 Å². The number of rotatable bonds is 5. The van der Waals surface area contributed by atoms with E-state index in [1.54, 1.807) is 6.92 Å². The van der Waals surface area contributed by atoms with E-state index in [-0.39, 0.29) is 0 Å². The van der Waals surface area contributed by atoms with Crippen molar-refractivity contribution in [1.82, 2.24) is 9.78 Å². The largest absolute Gasteiger partial charge is 0.481 e. The van der Waals surface area contributed by atoms with Crippen molar-refractivity contribution in [2.45, 2.75) is 33.7 Å². The second kappa shape index (κ2) is 4.51. The van der Waals surface area contributed by atoms with Gasteiger partial charge in [0.1, 0.15) is 0 Å². The summed E-state index contributed by atoms with van der Waals surface area (Å²) in [4.78, 5) is 11.2. The van der Waals surface area contributed by atoms with Gasteiger partial charge in [0.05, 0.1) is 11.1 Å². The Kier molecular flexibility index (Phi) is 3.52. The highest BCUT2D eigenvalue weighted by Crippen LogP contribution is 2.24. The van der Waals surface area contributed by atoms with E-state index in [0.717, 1.165) is 17.9 Å². The number of aryl methyl sites for hydroxylation is 2. The molecule has 0 saturated heterocycles. The van der Waals surface area contributed by atoms with Gasteiger partial charge in [-0.05, 0) is 26.8 Å². The normalized spacial score (nSPS) is 14.4. The molecule has 0 aliphatic carbocycles. The molecule has 0 spiro atoms. The molecule has 0 saturated carbocycles. The molecule has 0 aromatic carbocycles. The first-order valence-electron chi connectivity index (χ1n) is 5.33. The predicted octanol–water partition coefficient (Wildman–Crippen LogP) is 2.03. The van der Waals surface area contributed by atoms with Crippen LogP contribution in [0.2, 0.25) is 0 Å². The summed E-state index contributed by atoms with van der Waals surface area (Å²) in [6.07, 6.45) is 1.90. The number of carboxylic acids is 1. The van der Waals surface area contributed by atoms with E-state index in [1.807, 2.05) is 24.6 Å². The van der Waals surface area contributed by atoms with Crippen molar-refractivity contribution in [3.05, 3.63) is 30.1 Å². The fraction of sp³-hybridized carbons (Fsp3) is 0.500. The summed E-state index contributed by atoms with van der Waals surface area (Å²) in [7, 11) is 0. The Hall–Kier alpha value is -1.58. The average molecular weight is 222 g/mol. The molecule has 4 heteroatoms. The summed E-state index contributed by atoms with van der Waals surface area (Å²) in [5, 5.41) is 13.5. The van der Waals surface area contributed by atoms with Gasteiger partial charge in [-0.25, -0.2) is 0 Å². The summed E-state index contributed by atoms with van der Waals surface area (Å²) in [6.45, 7) is 9.91. The highest BCUT2D eigenvalue weighted by atomic mass is 16.4. The Morgan fingerprint density at radius 3 is 2.81 bits per heavy atom. The zero-order chi connectivity index (χ0) is 12.3. The van der Waals surface area contributed by atoms with Crippen molar-refractivity contribution in [2.75, 3.05) is 0 Å². The fourth-order valence-corrected chi connectivity index (χ4v) is 1.63. The Morgan fingerprint density at radius 2 is 2.38 bits per heavy atom. The van der Waals surface area contributed by atoms with Gasteiger partial charge in [-0.15, -0.1) is 6.58 Å². The van der Waals surface area contributed by atoms with E-state index < -0.39 is 11.4 Å². The summed E-state index contributed by atoms with van der Waals surface area (Å²) in [5.74, 6) is -0.857. The van der Waals surface area contributed by atoms with Crippen LogP contribution in [0.5, 0.6) is 0 Å². The van der Waals surface area contributed by atoms with Gasteiger partial charge in [-0.2, -0.15) is 5.10 Å². The fourth-order valence-electron chi connectivity index (χ4n) is 1.63. The van der Waals surface area contributed by atoms with Crippen molar-refractivity contribution < 1.29 is 9.90 Å². The molecule has 0 aliphatic heterocycles. The zero-order valence-corrected chi connectivity index (χ0v) is 10.0. The smallest absolute Gasteiger partial charge is 0.313 e. The lowest BCUT2D eigenvalue weighted by Crippen LogP contribution is -2.28. The van der Waals surface area contributed by atoms with Crippen LogP contribution >= 0.6 is 0 Å². The third-order valence-electron chi connectivity index (χ3n) is 2.77. The van der Waals surface area contributed by atoms with Gasteiger partial charge in [0, 0.05) is 18.7 Å². The van der Waals surface area contributed by atoms with Crippen LogP contribution < -0.4 is 0 Å². The van der Waals surface area contributed by atoms with Crippen molar-refractivity contribution in [3.8, 4) is 0 Å². The standard InChI is InChI=1S/C12H18N2O2/c1-5-12(4,11(15)16)8-10-7-9(3)13-14(10)6-2/h5,7H,1,6,8H2,2-4H3,(H,15,16). The average Bonchev–Trinajstić information content (AvgIpc) is 2.58. The van der Waals surface area contributed by atoms with E-state index in [4.69, 9.17) is 5.11 Å². The third-order valence-corrected chi connectivity index (χ3v) is 2.77. The highest BCUT2D eigenvalue weighted by Gasteiger charge is 2.31. The molecule has 88 valence electrons. The number of carbonyl (C=O) groups is 1. The molecule has 0 radical (unpaired) electrons. The predicted molar refractivity (Wildman–Crippen MR) is 62.3 cm³/mol. The first-order valence-corrected chi connectivity index (χ1v) is 5.33. The summed E-state index contributed by atoms with van der Waals surface area (Å²) in [6, 6.07) is 1.92. The lowest BCUT2D eigenvalue weighted by Gasteiger charge is -2.20. The zero-order valence-electron chi connectivity index (χ0n) is 10.0. The summed E-state index contributed by atoms with van der Waals surface area (Å²) >= 11 is 0. The van der Waals surface area contributed by atoms with Crippen LogP contribution in [0.1, 0.15) is 25.2 Å². The van der Waals surface area contributed by atoms with Crippen LogP contribution in [-0.4, -0.2) is 20.9 Å². The summed E-state index contributed by atoms with van der Waals surface area (Å²) < 4.78 is 1.83. The van der Waals surface area contributed by atoms with Crippen molar-refractivity contribution in [1.29, 1.82) is 0 Å². The van der Waals surface area contributed by atoms with Gasteiger partial charge < -0.3 is 5.11 Å². The number of aromatic nitrogens is 2. The minimum Gasteiger partial charge on any atom is -0.481 e. The molecule has 1 rings (SSSR count). The second-order valence-corrected chi connectivity index (χ2v) is 4.20. The number of nitrogens with zero attached hydrogens (tertiary/aromatic N) is 2. The Bertz CT molecular complexity index is 409. The molecular formula is C12H18N2O2. The molecule has 1 atom stereocenters. The van der Waals surface area contributed by atoms with Crippen molar-refractivity contribution in [2.24, 2.45) is 5.41 Å². The number of hydrogen-bond donors (Lipinski definition) is 1. The Labute approximate surface area is 95.6 Å². The van der Waals surface area contributed by atoms with Crippen LogP contribution in [0.4, 0.5) is 0 Å². The minimum absolute atomic E-state index is 0.417. The molecule has 16 heavy (non-hydrogen) atoms. The molecule has 1 aromatic rings. The Morgan fingerprint density at radius 1 is 1.75 bits per heavy atom. The first-order chi connectivity index (χ1) is 7.42. The lowest BCUT2D eigenvalue weighted by molar-refractivity contribution is -0.145. The maximum Gasteiger partial charge on any atom is 0.313 e. The van der Waals surface area contributed by atoms with Gasteiger partial charge in [0.25, 0.3) is 0 Å². The van der Waals surface area contributed by atoms with E-state index in [9.17, 15) is 4.79 Å². The van der Waals surface area contributed by atoms with Gasteiger partial charge in [-0.3, -0.25) is 9.48 Å². The molecule has 0 amide bonds. The quantitative estimate of drug-likeness (QED) is 0.775. The molecule has 1 unspecified atom stereocenters. The van der Waals surface area contributed by atoms with Crippen LogP contribution in [-0.2, 0) is 17.8 Å². The maximum atomic E-state index is 11.2. The van der Waals surface area contributed by atoms with E-state index >= 15 is 0 Å².